The molecule has 0 aromatic carbocycles. The van der Waals surface area contributed by atoms with Gasteiger partial charge < -0.3 is 5.11 Å². The summed E-state index contributed by atoms with van der Waals surface area (Å²) in [7, 11) is 1.95. The summed E-state index contributed by atoms with van der Waals surface area (Å²) in [6.45, 7) is 8.40. The number of aromatic nitrogens is 5. The average molecular weight is 304 g/mol. The topological polar surface area (TPSA) is 72.0 Å². The third kappa shape index (κ3) is 2.66. The second-order valence-corrected chi connectivity index (χ2v) is 6.55. The van der Waals surface area contributed by atoms with E-state index in [2.05, 4.69) is 41.1 Å². The maximum Gasteiger partial charge on any atom is 0.124 e. The molecule has 1 atom stereocenters. The lowest BCUT2D eigenvalue weighted by Crippen LogP contribution is -2.31. The predicted molar refractivity (Wildman–Crippen MR) is 82.1 cm³/mol. The maximum atomic E-state index is 10.9. The molecule has 1 aliphatic rings. The lowest BCUT2D eigenvalue weighted by Gasteiger charge is -2.21. The van der Waals surface area contributed by atoms with Gasteiger partial charge in [-0.15, -0.1) is 5.10 Å². The van der Waals surface area contributed by atoms with Crippen LogP contribution in [0.3, 0.4) is 0 Å². The first-order valence-electron chi connectivity index (χ1n) is 7.73. The van der Waals surface area contributed by atoms with Crippen LogP contribution in [0.2, 0.25) is 0 Å². The van der Waals surface area contributed by atoms with Crippen molar-refractivity contribution in [3.63, 3.8) is 0 Å². The van der Waals surface area contributed by atoms with Crippen LogP contribution in [0.15, 0.2) is 12.4 Å². The average Bonchev–Trinajstić information content (AvgIpc) is 3.16. The molecule has 0 amide bonds. The van der Waals surface area contributed by atoms with Crippen molar-refractivity contribution in [3.8, 4) is 0 Å². The summed E-state index contributed by atoms with van der Waals surface area (Å²) in [6.07, 6.45) is 4.45. The molecule has 1 saturated heterocycles. The Morgan fingerprint density at radius 2 is 2.18 bits per heavy atom. The van der Waals surface area contributed by atoms with Gasteiger partial charge in [0.1, 0.15) is 11.3 Å². The quantitative estimate of drug-likeness (QED) is 0.912. The van der Waals surface area contributed by atoms with Gasteiger partial charge in [0.25, 0.3) is 0 Å². The van der Waals surface area contributed by atoms with E-state index in [-0.39, 0.29) is 6.04 Å². The summed E-state index contributed by atoms with van der Waals surface area (Å²) in [5.41, 5.74) is 2.15. The van der Waals surface area contributed by atoms with E-state index in [0.717, 1.165) is 13.1 Å². The molecule has 0 aliphatic carbocycles. The molecule has 1 aliphatic heterocycles. The molecule has 3 heterocycles. The SMILES string of the molecule is Cc1c(CN2CCC(O)(c3cn(C(C)C)nn3)C2)cnn1C. The fraction of sp³-hybridized carbons (Fsp3) is 0.667. The minimum Gasteiger partial charge on any atom is -0.382 e. The van der Waals surface area contributed by atoms with Crippen LogP contribution in [0.4, 0.5) is 0 Å². The molecule has 0 bridgehead atoms. The molecule has 3 rings (SSSR count). The third-order valence-electron chi connectivity index (χ3n) is 4.57. The van der Waals surface area contributed by atoms with Gasteiger partial charge in [-0.05, 0) is 27.2 Å². The number of likely N-dealkylation sites (tertiary alicyclic amines) is 1. The van der Waals surface area contributed by atoms with Gasteiger partial charge in [-0.1, -0.05) is 5.21 Å². The Kier molecular flexibility index (Phi) is 3.78. The zero-order valence-corrected chi connectivity index (χ0v) is 13.7. The minimum absolute atomic E-state index is 0.250. The van der Waals surface area contributed by atoms with Crippen molar-refractivity contribution in [2.45, 2.75) is 45.4 Å². The molecule has 2 aromatic rings. The lowest BCUT2D eigenvalue weighted by molar-refractivity contribution is 0.0408. The summed E-state index contributed by atoms with van der Waals surface area (Å²) < 4.78 is 3.67. The first kappa shape index (κ1) is 15.2. The van der Waals surface area contributed by atoms with Crippen molar-refractivity contribution >= 4 is 0 Å². The normalized spacial score (nSPS) is 22.8. The Balaban J connectivity index is 1.71. The second kappa shape index (κ2) is 5.48. The molecular weight excluding hydrogens is 280 g/mol. The fourth-order valence-electron chi connectivity index (χ4n) is 2.90. The predicted octanol–water partition coefficient (Wildman–Crippen LogP) is 0.994. The van der Waals surface area contributed by atoms with Crippen LogP contribution in [0, 0.1) is 6.92 Å². The van der Waals surface area contributed by atoms with E-state index >= 15 is 0 Å². The van der Waals surface area contributed by atoms with Crippen LogP contribution in [0.1, 0.15) is 43.3 Å². The molecule has 0 radical (unpaired) electrons. The zero-order valence-electron chi connectivity index (χ0n) is 13.7. The van der Waals surface area contributed by atoms with Gasteiger partial charge >= 0.3 is 0 Å². The van der Waals surface area contributed by atoms with Crippen molar-refractivity contribution in [1.29, 1.82) is 0 Å². The number of rotatable bonds is 4. The van der Waals surface area contributed by atoms with Crippen molar-refractivity contribution < 1.29 is 5.11 Å². The van der Waals surface area contributed by atoms with Crippen molar-refractivity contribution in [3.05, 3.63) is 29.3 Å². The third-order valence-corrected chi connectivity index (χ3v) is 4.57. The summed E-state index contributed by atoms with van der Waals surface area (Å²) in [5, 5.41) is 23.5. The Labute approximate surface area is 130 Å². The molecule has 0 saturated carbocycles. The zero-order chi connectivity index (χ0) is 15.9. The van der Waals surface area contributed by atoms with E-state index in [0.29, 0.717) is 18.7 Å². The minimum atomic E-state index is -0.900. The van der Waals surface area contributed by atoms with Gasteiger partial charge in [-0.2, -0.15) is 5.10 Å². The smallest absolute Gasteiger partial charge is 0.124 e. The fourth-order valence-corrected chi connectivity index (χ4v) is 2.90. The Hall–Kier alpha value is -1.73. The first-order valence-corrected chi connectivity index (χ1v) is 7.73. The van der Waals surface area contributed by atoms with Crippen LogP contribution in [0.5, 0.6) is 0 Å². The Morgan fingerprint density at radius 3 is 2.77 bits per heavy atom. The summed E-state index contributed by atoms with van der Waals surface area (Å²) in [4.78, 5) is 2.25. The Morgan fingerprint density at radius 1 is 1.41 bits per heavy atom. The summed E-state index contributed by atoms with van der Waals surface area (Å²) in [5.74, 6) is 0. The van der Waals surface area contributed by atoms with E-state index in [4.69, 9.17) is 0 Å². The van der Waals surface area contributed by atoms with Gasteiger partial charge in [0.2, 0.25) is 0 Å². The molecule has 22 heavy (non-hydrogen) atoms. The van der Waals surface area contributed by atoms with Crippen LogP contribution in [-0.4, -0.2) is 47.9 Å². The standard InChI is InChI=1S/C15H24N6O/c1-11(2)21-9-14(17-18-21)15(22)5-6-20(10-15)8-13-7-16-19(4)12(13)3/h7,9,11,22H,5-6,8,10H2,1-4H3. The molecule has 0 spiro atoms. The molecule has 2 aromatic heterocycles. The summed E-state index contributed by atoms with van der Waals surface area (Å²) >= 11 is 0. The van der Waals surface area contributed by atoms with Gasteiger partial charge in [-0.25, -0.2) is 4.68 Å². The molecule has 120 valence electrons. The molecular formula is C15H24N6O. The van der Waals surface area contributed by atoms with Gasteiger partial charge in [0, 0.05) is 44.0 Å². The highest BCUT2D eigenvalue weighted by Gasteiger charge is 2.40. The lowest BCUT2D eigenvalue weighted by atomic mass is 10.00. The van der Waals surface area contributed by atoms with E-state index in [1.165, 1.54) is 11.3 Å². The number of aryl methyl sites for hydroxylation is 1. The number of hydrogen-bond acceptors (Lipinski definition) is 5. The van der Waals surface area contributed by atoms with E-state index in [9.17, 15) is 5.11 Å². The summed E-state index contributed by atoms with van der Waals surface area (Å²) in [6, 6.07) is 0.250. The molecule has 1 N–H and O–H groups in total. The van der Waals surface area contributed by atoms with Crippen molar-refractivity contribution in [1.82, 2.24) is 29.7 Å². The maximum absolute atomic E-state index is 10.9. The molecule has 1 fully saturated rings. The number of β-amino-alcohol motifs (C(OH)–C–C–N with tert-alkyl or cyclic N) is 1. The molecule has 7 nitrogen and oxygen atoms in total. The van der Waals surface area contributed by atoms with E-state index < -0.39 is 5.60 Å². The number of aliphatic hydroxyl groups is 1. The van der Waals surface area contributed by atoms with E-state index in [1.54, 1.807) is 4.68 Å². The number of nitrogens with zero attached hydrogens (tertiary/aromatic N) is 6. The van der Waals surface area contributed by atoms with Crippen molar-refractivity contribution in [2.75, 3.05) is 13.1 Å². The van der Waals surface area contributed by atoms with Gasteiger partial charge in [-0.3, -0.25) is 9.58 Å². The van der Waals surface area contributed by atoms with Crippen LogP contribution < -0.4 is 0 Å². The van der Waals surface area contributed by atoms with Crippen LogP contribution in [0.25, 0.3) is 0 Å². The number of hydrogen-bond donors (Lipinski definition) is 1. The highest BCUT2D eigenvalue weighted by Crippen LogP contribution is 2.31. The van der Waals surface area contributed by atoms with Crippen molar-refractivity contribution in [2.24, 2.45) is 7.05 Å². The highest BCUT2D eigenvalue weighted by molar-refractivity contribution is 5.17. The van der Waals surface area contributed by atoms with Crippen LogP contribution in [-0.2, 0) is 19.2 Å². The van der Waals surface area contributed by atoms with Gasteiger partial charge in [0.05, 0.1) is 12.4 Å². The highest BCUT2D eigenvalue weighted by atomic mass is 16.3. The Bertz CT molecular complexity index is 661. The second-order valence-electron chi connectivity index (χ2n) is 6.55. The largest absolute Gasteiger partial charge is 0.382 e. The van der Waals surface area contributed by atoms with Crippen LogP contribution >= 0.6 is 0 Å². The molecule has 7 heteroatoms. The monoisotopic (exact) mass is 304 g/mol. The van der Waals surface area contributed by atoms with Gasteiger partial charge in [0.15, 0.2) is 0 Å². The van der Waals surface area contributed by atoms with E-state index in [1.807, 2.05) is 24.1 Å². The molecule has 1 unspecified atom stereocenters. The first-order chi connectivity index (χ1) is 10.4.